The van der Waals surface area contributed by atoms with Crippen molar-refractivity contribution in [3.63, 3.8) is 0 Å². The molecule has 3 aromatic rings. The van der Waals surface area contributed by atoms with Crippen LogP contribution < -0.4 is 5.32 Å². The number of carbonyl (C=O) groups excluding carboxylic acids is 2. The summed E-state index contributed by atoms with van der Waals surface area (Å²) in [6.45, 7) is 3.45. The largest absolute Gasteiger partial charge is 0.448 e. The van der Waals surface area contributed by atoms with Crippen LogP contribution in [0.5, 0.6) is 0 Å². The highest BCUT2D eigenvalue weighted by atomic mass is 32.1. The van der Waals surface area contributed by atoms with Gasteiger partial charge in [0, 0.05) is 15.8 Å². The molecule has 2 heterocycles. The highest BCUT2D eigenvalue weighted by molar-refractivity contribution is 7.14. The van der Waals surface area contributed by atoms with Gasteiger partial charge in [-0.3, -0.25) is 10.1 Å². The molecular formula is C18H16N2O3S2. The number of amides is 1. The molecule has 1 atom stereocenters. The number of esters is 1. The van der Waals surface area contributed by atoms with Crippen LogP contribution in [0, 0.1) is 6.92 Å². The van der Waals surface area contributed by atoms with Crippen LogP contribution in [0.2, 0.25) is 0 Å². The summed E-state index contributed by atoms with van der Waals surface area (Å²) in [4.78, 5) is 30.1. The number of thiophene rings is 1. The number of aryl methyl sites for hydroxylation is 1. The molecule has 1 aromatic carbocycles. The fourth-order valence-corrected chi connectivity index (χ4v) is 3.57. The van der Waals surface area contributed by atoms with Gasteiger partial charge in [-0.05, 0) is 26.0 Å². The summed E-state index contributed by atoms with van der Waals surface area (Å²) in [5, 5.41) is 5.03. The lowest BCUT2D eigenvalue weighted by Crippen LogP contribution is -2.29. The number of nitrogens with one attached hydrogen (secondary N) is 1. The summed E-state index contributed by atoms with van der Waals surface area (Å²) >= 11 is 2.67. The van der Waals surface area contributed by atoms with E-state index in [0.717, 1.165) is 16.1 Å². The van der Waals surface area contributed by atoms with Crippen molar-refractivity contribution < 1.29 is 14.3 Å². The molecule has 1 N–H and O–H groups in total. The van der Waals surface area contributed by atoms with E-state index in [1.165, 1.54) is 22.7 Å². The van der Waals surface area contributed by atoms with Crippen molar-refractivity contribution in [1.29, 1.82) is 0 Å². The summed E-state index contributed by atoms with van der Waals surface area (Å²) in [5.74, 6) is -0.902. The minimum atomic E-state index is -0.904. The molecule has 0 unspecified atom stereocenters. The van der Waals surface area contributed by atoms with Gasteiger partial charge < -0.3 is 4.74 Å². The number of hydrogen-bond acceptors (Lipinski definition) is 6. The Kier molecular flexibility index (Phi) is 5.25. The molecule has 0 radical (unpaired) electrons. The molecule has 0 aliphatic carbocycles. The zero-order valence-corrected chi connectivity index (χ0v) is 15.3. The van der Waals surface area contributed by atoms with Crippen LogP contribution in [-0.2, 0) is 9.53 Å². The number of benzene rings is 1. The number of nitrogens with zero attached hydrogens (tertiary/aromatic N) is 1. The average molecular weight is 372 g/mol. The molecule has 0 bridgehead atoms. The molecule has 0 saturated heterocycles. The van der Waals surface area contributed by atoms with Crippen LogP contribution >= 0.6 is 22.7 Å². The lowest BCUT2D eigenvalue weighted by Gasteiger charge is -2.11. The molecule has 2 aromatic heterocycles. The molecular weight excluding hydrogens is 356 g/mol. The number of rotatable bonds is 5. The summed E-state index contributed by atoms with van der Waals surface area (Å²) in [5.41, 5.74) is 1.77. The molecule has 7 heteroatoms. The number of hydrogen-bond donors (Lipinski definition) is 1. The van der Waals surface area contributed by atoms with Gasteiger partial charge in [0.1, 0.15) is 4.88 Å². The Balaban J connectivity index is 1.60. The Bertz CT molecular complexity index is 887. The van der Waals surface area contributed by atoms with E-state index in [1.807, 2.05) is 48.7 Å². The zero-order valence-electron chi connectivity index (χ0n) is 13.7. The van der Waals surface area contributed by atoms with E-state index in [9.17, 15) is 9.59 Å². The standard InChI is InChI=1S/C18H16N2O3S2/c1-11-8-9-15(25-11)17(22)23-12(2)16(21)20-18-19-14(10-24-18)13-6-4-3-5-7-13/h3-10,12H,1-2H3,(H,19,20,21)/t12-/m0/s1. The van der Waals surface area contributed by atoms with E-state index in [0.29, 0.717) is 10.0 Å². The third-order valence-electron chi connectivity index (χ3n) is 3.40. The molecule has 0 spiro atoms. The van der Waals surface area contributed by atoms with Gasteiger partial charge in [-0.1, -0.05) is 30.3 Å². The second-order valence-corrected chi connectivity index (χ2v) is 7.50. The van der Waals surface area contributed by atoms with E-state index in [-0.39, 0.29) is 0 Å². The van der Waals surface area contributed by atoms with Crippen molar-refractivity contribution in [2.75, 3.05) is 5.32 Å². The molecule has 5 nitrogen and oxygen atoms in total. The van der Waals surface area contributed by atoms with Crippen LogP contribution in [0.25, 0.3) is 11.3 Å². The first-order valence-corrected chi connectivity index (χ1v) is 9.32. The summed E-state index contributed by atoms with van der Waals surface area (Å²) in [6, 6.07) is 13.2. The van der Waals surface area contributed by atoms with Crippen molar-refractivity contribution >= 4 is 39.7 Å². The minimum Gasteiger partial charge on any atom is -0.448 e. The number of ether oxygens (including phenoxy) is 1. The fourth-order valence-electron chi connectivity index (χ4n) is 2.10. The van der Waals surface area contributed by atoms with Crippen molar-refractivity contribution in [2.24, 2.45) is 0 Å². The summed E-state index contributed by atoms with van der Waals surface area (Å²) in [6.07, 6.45) is -0.904. The second kappa shape index (κ2) is 7.58. The Hall–Kier alpha value is -2.51. The van der Waals surface area contributed by atoms with E-state index < -0.39 is 18.0 Å². The topological polar surface area (TPSA) is 68.3 Å². The third-order valence-corrected chi connectivity index (χ3v) is 5.14. The van der Waals surface area contributed by atoms with Crippen LogP contribution in [0.4, 0.5) is 5.13 Å². The zero-order chi connectivity index (χ0) is 17.8. The van der Waals surface area contributed by atoms with Gasteiger partial charge in [0.25, 0.3) is 5.91 Å². The maximum Gasteiger partial charge on any atom is 0.349 e. The second-order valence-electron chi connectivity index (χ2n) is 5.35. The first-order valence-electron chi connectivity index (χ1n) is 7.62. The predicted octanol–water partition coefficient (Wildman–Crippen LogP) is 4.36. The predicted molar refractivity (Wildman–Crippen MR) is 100 cm³/mol. The van der Waals surface area contributed by atoms with E-state index in [1.54, 1.807) is 13.0 Å². The van der Waals surface area contributed by atoms with Gasteiger partial charge in [-0.2, -0.15) is 0 Å². The summed E-state index contributed by atoms with van der Waals surface area (Å²) < 4.78 is 5.21. The van der Waals surface area contributed by atoms with Gasteiger partial charge >= 0.3 is 5.97 Å². The van der Waals surface area contributed by atoms with Gasteiger partial charge in [0.15, 0.2) is 11.2 Å². The van der Waals surface area contributed by atoms with Gasteiger partial charge in [-0.15, -0.1) is 22.7 Å². The molecule has 1 amide bonds. The Morgan fingerprint density at radius 1 is 1.16 bits per heavy atom. The van der Waals surface area contributed by atoms with Crippen molar-refractivity contribution in [1.82, 2.24) is 4.98 Å². The van der Waals surface area contributed by atoms with Crippen molar-refractivity contribution in [3.05, 3.63) is 57.6 Å². The minimum absolute atomic E-state index is 0.407. The highest BCUT2D eigenvalue weighted by Gasteiger charge is 2.21. The smallest absolute Gasteiger partial charge is 0.349 e. The average Bonchev–Trinajstić information content (AvgIpc) is 3.24. The lowest BCUT2D eigenvalue weighted by atomic mass is 10.2. The molecule has 0 fully saturated rings. The molecule has 0 saturated carbocycles. The quantitative estimate of drug-likeness (QED) is 0.676. The molecule has 0 aliphatic rings. The van der Waals surface area contributed by atoms with Crippen LogP contribution in [0.15, 0.2) is 47.8 Å². The van der Waals surface area contributed by atoms with E-state index in [4.69, 9.17) is 4.74 Å². The number of anilines is 1. The Morgan fingerprint density at radius 3 is 2.60 bits per heavy atom. The summed E-state index contributed by atoms with van der Waals surface area (Å²) in [7, 11) is 0. The number of carbonyl (C=O) groups is 2. The maximum atomic E-state index is 12.2. The first kappa shape index (κ1) is 17.3. The normalized spacial score (nSPS) is 11.8. The fraction of sp³-hybridized carbons (Fsp3) is 0.167. The SMILES string of the molecule is Cc1ccc(C(=O)O[C@@H](C)C(=O)Nc2nc(-c3ccccc3)cs2)s1. The van der Waals surface area contributed by atoms with Crippen molar-refractivity contribution in [3.8, 4) is 11.3 Å². The maximum absolute atomic E-state index is 12.2. The monoisotopic (exact) mass is 372 g/mol. The Morgan fingerprint density at radius 2 is 1.92 bits per heavy atom. The van der Waals surface area contributed by atoms with E-state index >= 15 is 0 Å². The molecule has 0 aliphatic heterocycles. The third kappa shape index (κ3) is 4.32. The van der Waals surface area contributed by atoms with E-state index in [2.05, 4.69) is 10.3 Å². The first-order chi connectivity index (χ1) is 12.0. The molecule has 25 heavy (non-hydrogen) atoms. The van der Waals surface area contributed by atoms with Gasteiger partial charge in [-0.25, -0.2) is 9.78 Å². The number of aromatic nitrogens is 1. The number of thiazole rings is 1. The van der Waals surface area contributed by atoms with Gasteiger partial charge in [0.05, 0.1) is 5.69 Å². The highest BCUT2D eigenvalue weighted by Crippen LogP contribution is 2.25. The molecule has 128 valence electrons. The lowest BCUT2D eigenvalue weighted by molar-refractivity contribution is -0.123. The van der Waals surface area contributed by atoms with Crippen LogP contribution in [0.3, 0.4) is 0 Å². The van der Waals surface area contributed by atoms with Crippen LogP contribution in [0.1, 0.15) is 21.5 Å². The molecule has 3 rings (SSSR count). The Labute approximate surface area is 153 Å². The van der Waals surface area contributed by atoms with Gasteiger partial charge in [0.2, 0.25) is 0 Å². The van der Waals surface area contributed by atoms with Crippen LogP contribution in [-0.4, -0.2) is 23.0 Å². The van der Waals surface area contributed by atoms with Crippen molar-refractivity contribution in [2.45, 2.75) is 20.0 Å².